The Bertz CT molecular complexity index is 956. The van der Waals surface area contributed by atoms with Crippen LogP contribution < -0.4 is 5.32 Å². The Morgan fingerprint density at radius 2 is 1.94 bits per heavy atom. The van der Waals surface area contributed by atoms with Gasteiger partial charge < -0.3 is 20.2 Å². The molecule has 1 aliphatic rings. The smallest absolute Gasteiger partial charge is 0.254 e. The molecule has 2 amide bonds. The number of nitrogens with one attached hydrogen (secondary N) is 1. The van der Waals surface area contributed by atoms with Gasteiger partial charge in [-0.1, -0.05) is 41.6 Å². The van der Waals surface area contributed by atoms with Gasteiger partial charge in [-0.3, -0.25) is 9.59 Å². The van der Waals surface area contributed by atoms with Gasteiger partial charge in [0, 0.05) is 30.5 Å². The summed E-state index contributed by atoms with van der Waals surface area (Å²) >= 11 is 0. The van der Waals surface area contributed by atoms with Crippen LogP contribution in [-0.4, -0.2) is 59.9 Å². The highest BCUT2D eigenvalue weighted by Crippen LogP contribution is 2.26. The van der Waals surface area contributed by atoms with E-state index in [1.54, 1.807) is 11.8 Å². The summed E-state index contributed by atoms with van der Waals surface area (Å²) in [6.07, 6.45) is 0.613. The van der Waals surface area contributed by atoms with Crippen LogP contribution in [0.1, 0.15) is 35.7 Å². The highest BCUT2D eigenvalue weighted by molar-refractivity contribution is 6.01. The van der Waals surface area contributed by atoms with Crippen molar-refractivity contribution in [3.63, 3.8) is 0 Å². The molecule has 0 aromatic heterocycles. The molecule has 1 aliphatic heterocycles. The highest BCUT2D eigenvalue weighted by Gasteiger charge is 2.35. The second-order valence-corrected chi connectivity index (χ2v) is 7.88. The van der Waals surface area contributed by atoms with Crippen LogP contribution in [0.3, 0.4) is 0 Å². The number of rotatable bonds is 7. The maximum atomic E-state index is 13.2. The van der Waals surface area contributed by atoms with Gasteiger partial charge in [-0.2, -0.15) is 0 Å². The third kappa shape index (κ3) is 5.49. The second-order valence-electron chi connectivity index (χ2n) is 7.88. The Balaban J connectivity index is 1.77. The normalized spacial score (nSPS) is 18.1. The molecule has 1 fully saturated rings. The molecular formula is C24H29N3O4. The Morgan fingerprint density at radius 1 is 1.23 bits per heavy atom. The molecule has 7 heteroatoms. The molecular weight excluding hydrogens is 394 g/mol. The molecule has 3 rings (SSSR count). The highest BCUT2D eigenvalue weighted by atomic mass is 16.6. The van der Waals surface area contributed by atoms with E-state index >= 15 is 0 Å². The topological polar surface area (TPSA) is 91.2 Å². The van der Waals surface area contributed by atoms with E-state index < -0.39 is 0 Å². The van der Waals surface area contributed by atoms with Crippen LogP contribution in [0.25, 0.3) is 11.1 Å². The SMILES string of the molecule is CON=C1C[C@@H](CC(=O)NC(C)CO)N(C(=O)c2ccc(-c3ccccc3C)cc2)C1. The Morgan fingerprint density at radius 3 is 2.58 bits per heavy atom. The fourth-order valence-electron chi connectivity index (χ4n) is 3.84. The van der Waals surface area contributed by atoms with Gasteiger partial charge in [0.05, 0.1) is 18.9 Å². The number of benzene rings is 2. The van der Waals surface area contributed by atoms with Gasteiger partial charge in [0.25, 0.3) is 5.91 Å². The predicted molar refractivity (Wildman–Crippen MR) is 120 cm³/mol. The third-order valence-electron chi connectivity index (χ3n) is 5.44. The average molecular weight is 424 g/mol. The molecule has 2 aromatic rings. The molecule has 0 bridgehead atoms. The molecule has 0 saturated carbocycles. The predicted octanol–water partition coefficient (Wildman–Crippen LogP) is 2.77. The zero-order chi connectivity index (χ0) is 22.4. The number of hydrogen-bond acceptors (Lipinski definition) is 5. The van der Waals surface area contributed by atoms with Crippen LogP contribution in [0.2, 0.25) is 0 Å². The molecule has 2 N–H and O–H groups in total. The first-order chi connectivity index (χ1) is 14.9. The lowest BCUT2D eigenvalue weighted by molar-refractivity contribution is -0.122. The second kappa shape index (κ2) is 10.2. The van der Waals surface area contributed by atoms with E-state index in [1.165, 1.54) is 12.7 Å². The van der Waals surface area contributed by atoms with Gasteiger partial charge in [0.2, 0.25) is 5.91 Å². The Labute approximate surface area is 182 Å². The quantitative estimate of drug-likeness (QED) is 0.670. The Hall–Kier alpha value is -3.19. The summed E-state index contributed by atoms with van der Waals surface area (Å²) in [5.41, 5.74) is 4.63. The van der Waals surface area contributed by atoms with Crippen LogP contribution in [0.4, 0.5) is 0 Å². The lowest BCUT2D eigenvalue weighted by Gasteiger charge is -2.24. The van der Waals surface area contributed by atoms with Crippen LogP contribution in [0.5, 0.6) is 0 Å². The molecule has 2 atom stereocenters. The largest absolute Gasteiger partial charge is 0.399 e. The van der Waals surface area contributed by atoms with Gasteiger partial charge in [-0.15, -0.1) is 0 Å². The van der Waals surface area contributed by atoms with Gasteiger partial charge in [-0.25, -0.2) is 0 Å². The number of oxime groups is 1. The van der Waals surface area contributed by atoms with Gasteiger partial charge in [-0.05, 0) is 42.7 Å². The number of aliphatic hydroxyl groups is 1. The van der Waals surface area contributed by atoms with Gasteiger partial charge in [0.1, 0.15) is 7.11 Å². The van der Waals surface area contributed by atoms with E-state index in [4.69, 9.17) is 9.94 Å². The fourth-order valence-corrected chi connectivity index (χ4v) is 3.84. The minimum atomic E-state index is -0.334. The van der Waals surface area contributed by atoms with Crippen molar-refractivity contribution in [2.45, 2.75) is 38.8 Å². The molecule has 164 valence electrons. The molecule has 0 spiro atoms. The van der Waals surface area contributed by atoms with E-state index in [-0.39, 0.29) is 36.9 Å². The number of likely N-dealkylation sites (tertiary alicyclic amines) is 1. The van der Waals surface area contributed by atoms with Crippen LogP contribution in [0.15, 0.2) is 53.7 Å². The number of aliphatic hydroxyl groups excluding tert-OH is 1. The summed E-state index contributed by atoms with van der Waals surface area (Å²) in [5.74, 6) is -0.358. The minimum Gasteiger partial charge on any atom is -0.399 e. The van der Waals surface area contributed by atoms with E-state index in [0.29, 0.717) is 18.5 Å². The molecule has 1 saturated heterocycles. The number of carbonyl (C=O) groups is 2. The molecule has 0 radical (unpaired) electrons. The monoisotopic (exact) mass is 423 g/mol. The van der Waals surface area contributed by atoms with Crippen molar-refractivity contribution >= 4 is 17.5 Å². The minimum absolute atomic E-state index is 0.136. The summed E-state index contributed by atoms with van der Waals surface area (Å²) in [6, 6.07) is 15.0. The first-order valence-corrected chi connectivity index (χ1v) is 10.4. The van der Waals surface area contributed by atoms with Crippen molar-refractivity contribution in [3.8, 4) is 11.1 Å². The molecule has 31 heavy (non-hydrogen) atoms. The number of nitrogens with zero attached hydrogens (tertiary/aromatic N) is 2. The zero-order valence-corrected chi connectivity index (χ0v) is 18.2. The molecule has 7 nitrogen and oxygen atoms in total. The molecule has 2 aromatic carbocycles. The van der Waals surface area contributed by atoms with Crippen LogP contribution in [0, 0.1) is 6.92 Å². The van der Waals surface area contributed by atoms with Crippen molar-refractivity contribution in [2.24, 2.45) is 5.16 Å². The Kier molecular flexibility index (Phi) is 7.41. The summed E-state index contributed by atoms with van der Waals surface area (Å²) in [6.45, 7) is 3.97. The van der Waals surface area contributed by atoms with E-state index in [0.717, 1.165) is 16.8 Å². The van der Waals surface area contributed by atoms with Gasteiger partial charge >= 0.3 is 0 Å². The zero-order valence-electron chi connectivity index (χ0n) is 18.2. The van der Waals surface area contributed by atoms with E-state index in [1.807, 2.05) is 36.4 Å². The molecule has 0 aliphatic carbocycles. The van der Waals surface area contributed by atoms with Crippen molar-refractivity contribution in [1.82, 2.24) is 10.2 Å². The standard InChI is InChI=1S/C24H29N3O4/c1-16-6-4-5-7-22(16)18-8-10-19(11-9-18)24(30)27-14-20(26-31-3)12-21(27)13-23(29)25-17(2)15-28/h4-11,17,21,28H,12-15H2,1-3H3,(H,25,29)/t17?,21-/m0/s1. The summed E-state index contributed by atoms with van der Waals surface area (Å²) in [4.78, 5) is 32.1. The number of amides is 2. The van der Waals surface area contributed by atoms with E-state index in [9.17, 15) is 9.59 Å². The van der Waals surface area contributed by atoms with Crippen LogP contribution >= 0.6 is 0 Å². The fraction of sp³-hybridized carbons (Fsp3) is 0.375. The number of carbonyl (C=O) groups excluding carboxylic acids is 2. The van der Waals surface area contributed by atoms with Crippen LogP contribution in [-0.2, 0) is 9.63 Å². The van der Waals surface area contributed by atoms with Crippen molar-refractivity contribution < 1.29 is 19.5 Å². The van der Waals surface area contributed by atoms with E-state index in [2.05, 4.69) is 29.5 Å². The third-order valence-corrected chi connectivity index (χ3v) is 5.44. The molecule has 1 heterocycles. The number of aryl methyl sites for hydroxylation is 1. The lowest BCUT2D eigenvalue weighted by atomic mass is 9.99. The first-order valence-electron chi connectivity index (χ1n) is 10.4. The maximum Gasteiger partial charge on any atom is 0.254 e. The van der Waals surface area contributed by atoms with Crippen molar-refractivity contribution in [1.29, 1.82) is 0 Å². The summed E-state index contributed by atoms with van der Waals surface area (Å²) < 4.78 is 0. The van der Waals surface area contributed by atoms with Crippen molar-refractivity contribution in [2.75, 3.05) is 20.3 Å². The first kappa shape index (κ1) is 22.5. The average Bonchev–Trinajstić information content (AvgIpc) is 3.15. The molecule has 1 unspecified atom stereocenters. The van der Waals surface area contributed by atoms with Gasteiger partial charge in [0.15, 0.2) is 0 Å². The summed E-state index contributed by atoms with van der Waals surface area (Å²) in [5, 5.41) is 15.9. The summed E-state index contributed by atoms with van der Waals surface area (Å²) in [7, 11) is 1.46. The lowest BCUT2D eigenvalue weighted by Crippen LogP contribution is -2.41. The van der Waals surface area contributed by atoms with Crippen molar-refractivity contribution in [3.05, 3.63) is 59.7 Å². The maximum absolute atomic E-state index is 13.2. The number of hydrogen-bond donors (Lipinski definition) is 2.